The van der Waals surface area contributed by atoms with Gasteiger partial charge in [-0.1, -0.05) is 18.2 Å². The van der Waals surface area contributed by atoms with Gasteiger partial charge in [-0.25, -0.2) is 0 Å². The van der Waals surface area contributed by atoms with Gasteiger partial charge in [0.25, 0.3) is 5.91 Å². The van der Waals surface area contributed by atoms with Gasteiger partial charge in [0.1, 0.15) is 11.6 Å². The molecule has 0 spiro atoms. The number of rotatable bonds is 4. The van der Waals surface area contributed by atoms with Crippen LogP contribution in [0.5, 0.6) is 0 Å². The highest BCUT2D eigenvalue weighted by molar-refractivity contribution is 6.01. The zero-order valence-electron chi connectivity index (χ0n) is 14.9. The standard InChI is InChI=1S/C20H21N5O2/c26-20(21-16-5-2-1-3-6-16)19-23-22-18-9-14-10-24(11-15(14)12-25(18)19)13-17-7-4-8-27-17/h1-8,14-15H,9-13H2,(H,21,26). The average molecular weight is 363 g/mol. The molecule has 27 heavy (non-hydrogen) atoms. The van der Waals surface area contributed by atoms with Crippen molar-refractivity contribution in [2.24, 2.45) is 11.8 Å². The van der Waals surface area contributed by atoms with E-state index < -0.39 is 0 Å². The lowest BCUT2D eigenvalue weighted by Crippen LogP contribution is -2.31. The molecule has 0 aliphatic carbocycles. The Morgan fingerprint density at radius 2 is 1.93 bits per heavy atom. The average Bonchev–Trinajstić information content (AvgIpc) is 3.40. The van der Waals surface area contributed by atoms with Crippen LogP contribution < -0.4 is 5.32 Å². The summed E-state index contributed by atoms with van der Waals surface area (Å²) in [6.45, 7) is 3.66. The molecular formula is C20H21N5O2. The molecular weight excluding hydrogens is 342 g/mol. The minimum Gasteiger partial charge on any atom is -0.468 e. The summed E-state index contributed by atoms with van der Waals surface area (Å²) in [5.74, 6) is 3.17. The molecule has 1 N–H and O–H groups in total. The number of fused-ring (bicyclic) bond motifs is 2. The van der Waals surface area contributed by atoms with E-state index in [0.29, 0.717) is 17.7 Å². The highest BCUT2D eigenvalue weighted by Crippen LogP contribution is 2.33. The molecule has 0 bridgehead atoms. The van der Waals surface area contributed by atoms with Gasteiger partial charge in [0.2, 0.25) is 5.82 Å². The van der Waals surface area contributed by atoms with E-state index in [1.807, 2.05) is 47.0 Å². The fourth-order valence-corrected chi connectivity index (χ4v) is 4.25. The van der Waals surface area contributed by atoms with E-state index in [1.54, 1.807) is 6.26 Å². The highest BCUT2D eigenvalue weighted by atomic mass is 16.3. The van der Waals surface area contributed by atoms with Crippen LogP contribution in [-0.4, -0.2) is 38.7 Å². The maximum absolute atomic E-state index is 12.7. The number of hydrogen-bond donors (Lipinski definition) is 1. The Kier molecular flexibility index (Phi) is 4.01. The van der Waals surface area contributed by atoms with Gasteiger partial charge >= 0.3 is 0 Å². The number of anilines is 1. The summed E-state index contributed by atoms with van der Waals surface area (Å²) in [5.41, 5.74) is 0.763. The summed E-state index contributed by atoms with van der Waals surface area (Å²) in [6, 6.07) is 13.4. The molecule has 1 amide bonds. The molecule has 4 heterocycles. The van der Waals surface area contributed by atoms with Crippen molar-refractivity contribution in [1.82, 2.24) is 19.7 Å². The molecule has 5 rings (SSSR count). The fourth-order valence-electron chi connectivity index (χ4n) is 4.25. The third-order valence-corrected chi connectivity index (χ3v) is 5.54. The Balaban J connectivity index is 1.30. The summed E-state index contributed by atoms with van der Waals surface area (Å²) in [4.78, 5) is 15.1. The van der Waals surface area contributed by atoms with Crippen LogP contribution in [-0.2, 0) is 19.5 Å². The second-order valence-electron chi connectivity index (χ2n) is 7.37. The van der Waals surface area contributed by atoms with E-state index in [2.05, 4.69) is 20.4 Å². The quantitative estimate of drug-likeness (QED) is 0.770. The van der Waals surface area contributed by atoms with E-state index in [-0.39, 0.29) is 5.91 Å². The molecule has 138 valence electrons. The molecule has 2 aromatic heterocycles. The number of nitrogens with one attached hydrogen (secondary N) is 1. The first-order valence-electron chi connectivity index (χ1n) is 9.29. The van der Waals surface area contributed by atoms with Gasteiger partial charge in [0.05, 0.1) is 12.8 Å². The second-order valence-corrected chi connectivity index (χ2v) is 7.37. The van der Waals surface area contributed by atoms with E-state index in [9.17, 15) is 4.79 Å². The molecule has 2 unspecified atom stereocenters. The predicted molar refractivity (Wildman–Crippen MR) is 99.1 cm³/mol. The first kappa shape index (κ1) is 16.3. The van der Waals surface area contributed by atoms with E-state index in [1.165, 1.54) is 0 Å². The minimum atomic E-state index is -0.205. The third kappa shape index (κ3) is 3.14. The molecule has 0 radical (unpaired) electrons. The van der Waals surface area contributed by atoms with Gasteiger partial charge in [0, 0.05) is 31.7 Å². The van der Waals surface area contributed by atoms with Crippen molar-refractivity contribution >= 4 is 11.6 Å². The molecule has 0 saturated carbocycles. The molecule has 7 nitrogen and oxygen atoms in total. The lowest BCUT2D eigenvalue weighted by Gasteiger charge is -2.25. The van der Waals surface area contributed by atoms with Crippen LogP contribution in [0.1, 0.15) is 22.2 Å². The Hall–Kier alpha value is -2.93. The van der Waals surface area contributed by atoms with Crippen LogP contribution in [0.15, 0.2) is 53.1 Å². The summed E-state index contributed by atoms with van der Waals surface area (Å²) in [7, 11) is 0. The number of carbonyl (C=O) groups excluding carboxylic acids is 1. The summed E-state index contributed by atoms with van der Waals surface area (Å²) in [5, 5.41) is 11.4. The zero-order valence-corrected chi connectivity index (χ0v) is 14.9. The van der Waals surface area contributed by atoms with Crippen LogP contribution in [0, 0.1) is 11.8 Å². The Morgan fingerprint density at radius 1 is 1.07 bits per heavy atom. The van der Waals surface area contributed by atoms with Gasteiger partial charge < -0.3 is 14.3 Å². The summed E-state index contributed by atoms with van der Waals surface area (Å²) >= 11 is 0. The topological polar surface area (TPSA) is 76.2 Å². The van der Waals surface area contributed by atoms with Gasteiger partial charge in [-0.05, 0) is 36.1 Å². The number of carbonyl (C=O) groups is 1. The van der Waals surface area contributed by atoms with Crippen LogP contribution in [0.2, 0.25) is 0 Å². The second kappa shape index (κ2) is 6.66. The van der Waals surface area contributed by atoms with Crippen LogP contribution in [0.4, 0.5) is 5.69 Å². The van der Waals surface area contributed by atoms with E-state index in [4.69, 9.17) is 4.42 Å². The first-order chi connectivity index (χ1) is 13.3. The zero-order chi connectivity index (χ0) is 18.2. The number of nitrogens with zero attached hydrogens (tertiary/aromatic N) is 4. The number of para-hydroxylation sites is 1. The van der Waals surface area contributed by atoms with Crippen molar-refractivity contribution in [2.45, 2.75) is 19.5 Å². The van der Waals surface area contributed by atoms with Gasteiger partial charge in [-0.2, -0.15) is 0 Å². The first-order valence-corrected chi connectivity index (χ1v) is 9.29. The Labute approximate surface area is 157 Å². The number of amides is 1. The minimum absolute atomic E-state index is 0.205. The van der Waals surface area contributed by atoms with Crippen molar-refractivity contribution < 1.29 is 9.21 Å². The molecule has 2 aliphatic heterocycles. The molecule has 1 aromatic carbocycles. The van der Waals surface area contributed by atoms with Crippen LogP contribution in [0.25, 0.3) is 0 Å². The fraction of sp³-hybridized carbons (Fsp3) is 0.350. The lowest BCUT2D eigenvalue weighted by atomic mass is 9.89. The molecule has 2 atom stereocenters. The van der Waals surface area contributed by atoms with Crippen molar-refractivity contribution in [2.75, 3.05) is 18.4 Å². The van der Waals surface area contributed by atoms with Gasteiger partial charge in [-0.15, -0.1) is 10.2 Å². The Morgan fingerprint density at radius 3 is 2.74 bits per heavy atom. The monoisotopic (exact) mass is 363 g/mol. The van der Waals surface area contributed by atoms with Crippen molar-refractivity contribution in [3.8, 4) is 0 Å². The van der Waals surface area contributed by atoms with Gasteiger partial charge in [-0.3, -0.25) is 9.69 Å². The smallest absolute Gasteiger partial charge is 0.293 e. The van der Waals surface area contributed by atoms with E-state index >= 15 is 0 Å². The molecule has 1 saturated heterocycles. The largest absolute Gasteiger partial charge is 0.468 e. The van der Waals surface area contributed by atoms with E-state index in [0.717, 1.165) is 49.9 Å². The van der Waals surface area contributed by atoms with Crippen molar-refractivity contribution in [3.05, 3.63) is 66.1 Å². The van der Waals surface area contributed by atoms with Crippen LogP contribution in [0.3, 0.4) is 0 Å². The normalized spacial score (nSPS) is 21.6. The third-order valence-electron chi connectivity index (χ3n) is 5.54. The number of hydrogen-bond acceptors (Lipinski definition) is 5. The predicted octanol–water partition coefficient (Wildman–Crippen LogP) is 2.43. The van der Waals surface area contributed by atoms with Crippen LogP contribution >= 0.6 is 0 Å². The highest BCUT2D eigenvalue weighted by Gasteiger charge is 2.39. The van der Waals surface area contributed by atoms with Gasteiger partial charge in [0.15, 0.2) is 0 Å². The summed E-state index contributed by atoms with van der Waals surface area (Å²) < 4.78 is 7.48. The Bertz CT molecular complexity index is 935. The number of benzene rings is 1. The number of furan rings is 1. The maximum atomic E-state index is 12.7. The SMILES string of the molecule is O=C(Nc1ccccc1)c1nnc2n1CC1CN(Cc3ccco3)CC1C2. The number of aromatic nitrogens is 3. The summed E-state index contributed by atoms with van der Waals surface area (Å²) in [6.07, 6.45) is 2.59. The molecule has 7 heteroatoms. The number of likely N-dealkylation sites (tertiary alicyclic amines) is 1. The molecule has 1 fully saturated rings. The van der Waals surface area contributed by atoms with Crippen molar-refractivity contribution in [3.63, 3.8) is 0 Å². The molecule has 2 aliphatic rings. The molecule has 3 aromatic rings. The maximum Gasteiger partial charge on any atom is 0.293 e. The lowest BCUT2D eigenvalue weighted by molar-refractivity contribution is 0.100. The van der Waals surface area contributed by atoms with Crippen molar-refractivity contribution in [1.29, 1.82) is 0 Å².